The quantitative estimate of drug-likeness (QED) is 0.499. The third-order valence-corrected chi connectivity index (χ3v) is 4.18. The zero-order valence-electron chi connectivity index (χ0n) is 13.0. The van der Waals surface area contributed by atoms with Gasteiger partial charge in [0.2, 0.25) is 11.6 Å². The van der Waals surface area contributed by atoms with Crippen molar-refractivity contribution in [3.05, 3.63) is 83.3 Å². The van der Waals surface area contributed by atoms with Crippen LogP contribution < -0.4 is 5.56 Å². The van der Waals surface area contributed by atoms with Crippen molar-refractivity contribution < 1.29 is 4.42 Å². The Hall–Kier alpha value is -3.67. The van der Waals surface area contributed by atoms with E-state index in [0.29, 0.717) is 22.7 Å². The maximum atomic E-state index is 13.1. The van der Waals surface area contributed by atoms with Crippen LogP contribution in [0.1, 0.15) is 0 Å². The third kappa shape index (κ3) is 1.94. The van der Waals surface area contributed by atoms with E-state index in [-0.39, 0.29) is 5.56 Å². The molecule has 0 saturated carbocycles. The Kier molecular flexibility index (Phi) is 2.84. The van der Waals surface area contributed by atoms with Crippen LogP contribution in [0.25, 0.3) is 34.0 Å². The Balaban J connectivity index is 2.01. The van der Waals surface area contributed by atoms with Crippen LogP contribution in [0.3, 0.4) is 0 Å². The monoisotopic (exact) mass is 328 g/mol. The molecule has 120 valence electrons. The number of rotatable bonds is 2. The molecule has 5 aromatic rings. The molecule has 0 unspecified atom stereocenters. The van der Waals surface area contributed by atoms with Crippen molar-refractivity contribution in [2.24, 2.45) is 0 Å². The molecule has 0 bridgehead atoms. The van der Waals surface area contributed by atoms with Crippen molar-refractivity contribution in [1.82, 2.24) is 19.2 Å². The van der Waals surface area contributed by atoms with Crippen LogP contribution in [0.2, 0.25) is 0 Å². The SMILES string of the molecule is O=c1c2ccccc2n2c(-c3ccco3)nnc2n1-c1ccccc1. The standard InChI is InChI=1S/C19H12N4O2/c24-18-14-9-4-5-10-15(14)23-17(16-11-6-12-25-16)20-21-19(23)22(18)13-7-2-1-3-8-13/h1-12H. The molecule has 3 aromatic heterocycles. The van der Waals surface area contributed by atoms with Crippen LogP contribution >= 0.6 is 0 Å². The lowest BCUT2D eigenvalue weighted by Crippen LogP contribution is -2.21. The average molecular weight is 328 g/mol. The van der Waals surface area contributed by atoms with Crippen molar-refractivity contribution in [3.8, 4) is 17.3 Å². The molecule has 0 fully saturated rings. The molecule has 0 spiro atoms. The lowest BCUT2D eigenvalue weighted by molar-refractivity contribution is 0.576. The summed E-state index contributed by atoms with van der Waals surface area (Å²) in [6.45, 7) is 0. The van der Waals surface area contributed by atoms with Crippen LogP contribution in [0.5, 0.6) is 0 Å². The van der Waals surface area contributed by atoms with E-state index in [2.05, 4.69) is 10.2 Å². The largest absolute Gasteiger partial charge is 0.461 e. The van der Waals surface area contributed by atoms with Crippen molar-refractivity contribution in [2.45, 2.75) is 0 Å². The minimum atomic E-state index is -0.132. The lowest BCUT2D eigenvalue weighted by atomic mass is 10.2. The predicted octanol–water partition coefficient (Wildman–Crippen LogP) is 3.29. The van der Waals surface area contributed by atoms with E-state index in [0.717, 1.165) is 11.2 Å². The summed E-state index contributed by atoms with van der Waals surface area (Å²) in [7, 11) is 0. The molecule has 0 atom stereocenters. The zero-order chi connectivity index (χ0) is 16.8. The number of fused-ring (bicyclic) bond motifs is 3. The van der Waals surface area contributed by atoms with Gasteiger partial charge in [-0.1, -0.05) is 30.3 Å². The summed E-state index contributed by atoms with van der Waals surface area (Å²) in [5.74, 6) is 1.60. The fraction of sp³-hybridized carbons (Fsp3) is 0. The summed E-state index contributed by atoms with van der Waals surface area (Å²) < 4.78 is 8.92. The van der Waals surface area contributed by atoms with Gasteiger partial charge in [0.15, 0.2) is 5.76 Å². The van der Waals surface area contributed by atoms with Crippen molar-refractivity contribution in [1.29, 1.82) is 0 Å². The molecule has 25 heavy (non-hydrogen) atoms. The zero-order valence-corrected chi connectivity index (χ0v) is 13.0. The van der Waals surface area contributed by atoms with Gasteiger partial charge in [0.05, 0.1) is 22.9 Å². The first-order valence-electron chi connectivity index (χ1n) is 7.83. The first-order chi connectivity index (χ1) is 12.3. The minimum Gasteiger partial charge on any atom is -0.461 e. The molecule has 0 aliphatic rings. The van der Waals surface area contributed by atoms with Gasteiger partial charge in [-0.2, -0.15) is 0 Å². The first-order valence-corrected chi connectivity index (χ1v) is 7.83. The molecule has 6 nitrogen and oxygen atoms in total. The number of aromatic nitrogens is 4. The summed E-state index contributed by atoms with van der Waals surface area (Å²) in [6.07, 6.45) is 1.59. The summed E-state index contributed by atoms with van der Waals surface area (Å²) in [6, 6.07) is 20.5. The summed E-state index contributed by atoms with van der Waals surface area (Å²) in [4.78, 5) is 13.1. The topological polar surface area (TPSA) is 65.3 Å². The maximum absolute atomic E-state index is 13.1. The van der Waals surface area contributed by atoms with Crippen LogP contribution in [-0.4, -0.2) is 19.2 Å². The molecule has 0 amide bonds. The van der Waals surface area contributed by atoms with Crippen LogP contribution in [-0.2, 0) is 0 Å². The number of hydrogen-bond acceptors (Lipinski definition) is 4. The van der Waals surface area contributed by atoms with Gasteiger partial charge >= 0.3 is 0 Å². The Bertz CT molecular complexity index is 1250. The van der Waals surface area contributed by atoms with E-state index < -0.39 is 0 Å². The average Bonchev–Trinajstić information content (AvgIpc) is 3.32. The second-order valence-corrected chi connectivity index (χ2v) is 5.63. The van der Waals surface area contributed by atoms with Crippen molar-refractivity contribution >= 4 is 16.7 Å². The molecule has 6 heteroatoms. The highest BCUT2D eigenvalue weighted by Gasteiger charge is 2.19. The molecule has 0 saturated heterocycles. The molecule has 0 aliphatic carbocycles. The van der Waals surface area contributed by atoms with E-state index >= 15 is 0 Å². The van der Waals surface area contributed by atoms with Gasteiger partial charge in [0, 0.05) is 0 Å². The number of para-hydroxylation sites is 2. The Labute approximate surface area is 141 Å². The van der Waals surface area contributed by atoms with Crippen LogP contribution in [0.15, 0.2) is 82.2 Å². The van der Waals surface area contributed by atoms with Gasteiger partial charge < -0.3 is 4.42 Å². The number of benzene rings is 2. The van der Waals surface area contributed by atoms with Gasteiger partial charge in [-0.15, -0.1) is 10.2 Å². The molecule has 0 aliphatic heterocycles. The fourth-order valence-corrected chi connectivity index (χ4v) is 3.08. The van der Waals surface area contributed by atoms with Gasteiger partial charge in [-0.3, -0.25) is 9.20 Å². The fourth-order valence-electron chi connectivity index (χ4n) is 3.08. The van der Waals surface area contributed by atoms with E-state index in [1.807, 2.05) is 65.1 Å². The molecular weight excluding hydrogens is 316 g/mol. The smallest absolute Gasteiger partial charge is 0.267 e. The Morgan fingerprint density at radius 3 is 2.44 bits per heavy atom. The molecule has 3 heterocycles. The number of nitrogens with zero attached hydrogens (tertiary/aromatic N) is 4. The van der Waals surface area contributed by atoms with Gasteiger partial charge in [-0.05, 0) is 36.4 Å². The van der Waals surface area contributed by atoms with Crippen molar-refractivity contribution in [2.75, 3.05) is 0 Å². The molecule has 2 aromatic carbocycles. The summed E-state index contributed by atoms with van der Waals surface area (Å²) in [5, 5.41) is 9.14. The highest BCUT2D eigenvalue weighted by molar-refractivity contribution is 5.82. The van der Waals surface area contributed by atoms with Gasteiger partial charge in [0.25, 0.3) is 5.56 Å². The predicted molar refractivity (Wildman–Crippen MR) is 93.8 cm³/mol. The van der Waals surface area contributed by atoms with Gasteiger partial charge in [0.1, 0.15) is 0 Å². The second-order valence-electron chi connectivity index (χ2n) is 5.63. The number of hydrogen-bond donors (Lipinski definition) is 0. The highest BCUT2D eigenvalue weighted by atomic mass is 16.3. The van der Waals surface area contributed by atoms with Crippen LogP contribution in [0.4, 0.5) is 0 Å². The van der Waals surface area contributed by atoms with E-state index in [1.54, 1.807) is 16.9 Å². The number of furan rings is 1. The minimum absolute atomic E-state index is 0.132. The molecular formula is C19H12N4O2. The molecule has 0 N–H and O–H groups in total. The normalized spacial score (nSPS) is 11.4. The Morgan fingerprint density at radius 1 is 0.840 bits per heavy atom. The highest BCUT2D eigenvalue weighted by Crippen LogP contribution is 2.23. The Morgan fingerprint density at radius 2 is 1.64 bits per heavy atom. The molecule has 5 rings (SSSR count). The first kappa shape index (κ1) is 13.7. The second kappa shape index (κ2) is 5.17. The van der Waals surface area contributed by atoms with Gasteiger partial charge in [-0.25, -0.2) is 4.57 Å². The summed E-state index contributed by atoms with van der Waals surface area (Å²) in [5.41, 5.74) is 1.35. The van der Waals surface area contributed by atoms with Crippen LogP contribution in [0, 0.1) is 0 Å². The van der Waals surface area contributed by atoms with E-state index in [1.165, 1.54) is 0 Å². The van der Waals surface area contributed by atoms with E-state index in [4.69, 9.17) is 4.42 Å². The van der Waals surface area contributed by atoms with E-state index in [9.17, 15) is 4.79 Å². The molecule has 0 radical (unpaired) electrons. The van der Waals surface area contributed by atoms with Crippen molar-refractivity contribution in [3.63, 3.8) is 0 Å². The maximum Gasteiger partial charge on any atom is 0.267 e. The summed E-state index contributed by atoms with van der Waals surface area (Å²) >= 11 is 0. The lowest BCUT2D eigenvalue weighted by Gasteiger charge is -2.10. The third-order valence-electron chi connectivity index (χ3n) is 4.18.